The topological polar surface area (TPSA) is 43.8 Å². The van der Waals surface area contributed by atoms with Crippen LogP contribution in [-0.2, 0) is 0 Å². The van der Waals surface area contributed by atoms with Gasteiger partial charge in [-0.15, -0.1) is 0 Å². The first kappa shape index (κ1) is 12.8. The van der Waals surface area contributed by atoms with Crippen molar-refractivity contribution >= 4 is 11.0 Å². The van der Waals surface area contributed by atoms with Crippen molar-refractivity contribution < 1.29 is 4.39 Å². The van der Waals surface area contributed by atoms with Gasteiger partial charge in [0.1, 0.15) is 5.82 Å². The van der Waals surface area contributed by atoms with E-state index in [1.807, 2.05) is 41.8 Å². The van der Waals surface area contributed by atoms with E-state index in [4.69, 9.17) is 5.73 Å². The molecule has 0 bridgehead atoms. The summed E-state index contributed by atoms with van der Waals surface area (Å²) in [5.41, 5.74) is 8.53. The lowest BCUT2D eigenvalue weighted by Crippen LogP contribution is -2.30. The molecule has 1 heterocycles. The zero-order valence-electron chi connectivity index (χ0n) is 11.2. The molecule has 2 atom stereocenters. The maximum absolute atomic E-state index is 14.1. The summed E-state index contributed by atoms with van der Waals surface area (Å²) in [6, 6.07) is 14.0. The number of benzene rings is 2. The van der Waals surface area contributed by atoms with Gasteiger partial charge in [-0.2, -0.15) is 0 Å². The van der Waals surface area contributed by atoms with Crippen LogP contribution in [0, 0.1) is 5.82 Å². The lowest BCUT2D eigenvalue weighted by molar-refractivity contribution is 0.478. The highest BCUT2D eigenvalue weighted by atomic mass is 19.1. The molecule has 20 heavy (non-hydrogen) atoms. The van der Waals surface area contributed by atoms with Gasteiger partial charge < -0.3 is 10.3 Å². The molecule has 2 unspecified atom stereocenters. The number of nitrogens with two attached hydrogens (primary N) is 1. The Morgan fingerprint density at radius 2 is 1.80 bits per heavy atom. The van der Waals surface area contributed by atoms with E-state index >= 15 is 0 Å². The lowest BCUT2D eigenvalue weighted by Gasteiger charge is -2.24. The Bertz CT molecular complexity index is 733. The maximum atomic E-state index is 14.1. The van der Waals surface area contributed by atoms with E-state index in [2.05, 4.69) is 4.98 Å². The van der Waals surface area contributed by atoms with Crippen LogP contribution in [-0.4, -0.2) is 15.6 Å². The molecule has 2 aromatic carbocycles. The van der Waals surface area contributed by atoms with Gasteiger partial charge in [0.2, 0.25) is 0 Å². The Labute approximate surface area is 116 Å². The fraction of sp³-hybridized carbons (Fsp3) is 0.188. The highest BCUT2D eigenvalue weighted by Crippen LogP contribution is 2.27. The molecule has 0 spiro atoms. The number of halogens is 1. The van der Waals surface area contributed by atoms with Crippen LogP contribution in [0.1, 0.15) is 18.5 Å². The van der Waals surface area contributed by atoms with E-state index in [-0.39, 0.29) is 17.9 Å². The quantitative estimate of drug-likeness (QED) is 0.794. The number of aromatic nitrogens is 2. The van der Waals surface area contributed by atoms with Gasteiger partial charge in [0.25, 0.3) is 0 Å². The molecule has 0 fully saturated rings. The molecule has 102 valence electrons. The number of fused-ring (bicyclic) bond motifs is 1. The van der Waals surface area contributed by atoms with Crippen LogP contribution in [0.5, 0.6) is 0 Å². The summed E-state index contributed by atoms with van der Waals surface area (Å²) >= 11 is 0. The molecular weight excluding hydrogens is 253 g/mol. The Morgan fingerprint density at radius 3 is 2.55 bits per heavy atom. The molecule has 0 aliphatic heterocycles. The Hall–Kier alpha value is -2.20. The second-order valence-corrected chi connectivity index (χ2v) is 4.97. The number of hydrogen-bond donors (Lipinski definition) is 1. The van der Waals surface area contributed by atoms with Gasteiger partial charge in [-0.3, -0.25) is 0 Å². The minimum Gasteiger partial charge on any atom is -0.326 e. The van der Waals surface area contributed by atoms with Crippen LogP contribution in [0.3, 0.4) is 0 Å². The van der Waals surface area contributed by atoms with E-state index in [9.17, 15) is 4.39 Å². The van der Waals surface area contributed by atoms with Crippen LogP contribution in [0.25, 0.3) is 11.0 Å². The number of nitrogens with zero attached hydrogens (tertiary/aromatic N) is 2. The molecule has 4 heteroatoms. The molecule has 0 aliphatic carbocycles. The van der Waals surface area contributed by atoms with Gasteiger partial charge in [0.05, 0.1) is 23.4 Å². The second-order valence-electron chi connectivity index (χ2n) is 4.97. The molecular formula is C16H16FN3. The molecule has 0 radical (unpaired) electrons. The van der Waals surface area contributed by atoms with Crippen molar-refractivity contribution in [1.82, 2.24) is 9.55 Å². The van der Waals surface area contributed by atoms with Gasteiger partial charge in [-0.1, -0.05) is 30.3 Å². The van der Waals surface area contributed by atoms with Crippen LogP contribution < -0.4 is 5.73 Å². The minimum absolute atomic E-state index is 0.232. The van der Waals surface area contributed by atoms with Crippen LogP contribution in [0.4, 0.5) is 4.39 Å². The van der Waals surface area contributed by atoms with Crippen LogP contribution in [0.15, 0.2) is 54.9 Å². The number of para-hydroxylation sites is 2. The molecule has 1 aromatic heterocycles. The molecule has 0 aliphatic rings. The van der Waals surface area contributed by atoms with E-state index in [1.54, 1.807) is 18.5 Å². The molecule has 3 nitrogen and oxygen atoms in total. The average Bonchev–Trinajstić information content (AvgIpc) is 2.85. The second kappa shape index (κ2) is 5.06. The molecule has 0 saturated carbocycles. The molecule has 0 saturated heterocycles. The summed E-state index contributed by atoms with van der Waals surface area (Å²) in [7, 11) is 0. The standard InChI is InChI=1S/C16H16FN3/c1-11(18)16(12-6-2-3-7-13(12)17)20-10-19-14-8-4-5-9-15(14)20/h2-11,16H,18H2,1H3. The van der Waals surface area contributed by atoms with E-state index < -0.39 is 0 Å². The van der Waals surface area contributed by atoms with Gasteiger partial charge >= 0.3 is 0 Å². The highest BCUT2D eigenvalue weighted by Gasteiger charge is 2.22. The van der Waals surface area contributed by atoms with Crippen LogP contribution in [0.2, 0.25) is 0 Å². The SMILES string of the molecule is CC(N)C(c1ccccc1F)n1cnc2ccccc21. The molecule has 2 N–H and O–H groups in total. The van der Waals surface area contributed by atoms with Crippen LogP contribution >= 0.6 is 0 Å². The summed E-state index contributed by atoms with van der Waals surface area (Å²) in [5.74, 6) is -0.243. The lowest BCUT2D eigenvalue weighted by atomic mass is 10.00. The first-order valence-electron chi connectivity index (χ1n) is 6.60. The van der Waals surface area contributed by atoms with E-state index in [1.165, 1.54) is 6.07 Å². The fourth-order valence-corrected chi connectivity index (χ4v) is 2.60. The Kier molecular flexibility index (Phi) is 3.24. The Morgan fingerprint density at radius 1 is 1.10 bits per heavy atom. The minimum atomic E-state index is -0.274. The van der Waals surface area contributed by atoms with Crippen molar-refractivity contribution in [2.24, 2.45) is 5.73 Å². The maximum Gasteiger partial charge on any atom is 0.128 e. The molecule has 3 rings (SSSR count). The third kappa shape index (κ3) is 2.08. The van der Waals surface area contributed by atoms with Gasteiger partial charge in [0, 0.05) is 11.6 Å². The molecule has 0 amide bonds. The van der Waals surface area contributed by atoms with E-state index in [0.717, 1.165) is 11.0 Å². The predicted molar refractivity (Wildman–Crippen MR) is 77.9 cm³/mol. The van der Waals surface area contributed by atoms with Crippen molar-refractivity contribution in [3.63, 3.8) is 0 Å². The largest absolute Gasteiger partial charge is 0.326 e. The summed E-state index contributed by atoms with van der Waals surface area (Å²) in [4.78, 5) is 4.36. The van der Waals surface area contributed by atoms with Gasteiger partial charge in [-0.25, -0.2) is 9.37 Å². The zero-order valence-corrected chi connectivity index (χ0v) is 11.2. The third-order valence-electron chi connectivity index (χ3n) is 3.50. The van der Waals surface area contributed by atoms with Gasteiger partial charge in [-0.05, 0) is 25.1 Å². The smallest absolute Gasteiger partial charge is 0.128 e. The fourth-order valence-electron chi connectivity index (χ4n) is 2.60. The number of rotatable bonds is 3. The number of imidazole rings is 1. The van der Waals surface area contributed by atoms with Gasteiger partial charge in [0.15, 0.2) is 0 Å². The number of hydrogen-bond acceptors (Lipinski definition) is 2. The monoisotopic (exact) mass is 269 g/mol. The first-order valence-corrected chi connectivity index (χ1v) is 6.60. The summed E-state index contributed by atoms with van der Waals surface area (Å²) in [5, 5.41) is 0. The van der Waals surface area contributed by atoms with Crippen molar-refractivity contribution in [3.05, 3.63) is 66.2 Å². The van der Waals surface area contributed by atoms with Crippen molar-refractivity contribution in [3.8, 4) is 0 Å². The zero-order chi connectivity index (χ0) is 14.1. The first-order chi connectivity index (χ1) is 9.68. The van der Waals surface area contributed by atoms with Crippen molar-refractivity contribution in [2.45, 2.75) is 19.0 Å². The highest BCUT2D eigenvalue weighted by molar-refractivity contribution is 5.75. The van der Waals surface area contributed by atoms with Crippen molar-refractivity contribution in [2.75, 3.05) is 0 Å². The average molecular weight is 269 g/mol. The summed E-state index contributed by atoms with van der Waals surface area (Å²) < 4.78 is 16.0. The predicted octanol–water partition coefficient (Wildman–Crippen LogP) is 3.11. The van der Waals surface area contributed by atoms with E-state index in [0.29, 0.717) is 5.56 Å². The molecule has 3 aromatic rings. The normalized spacial score (nSPS) is 14.3. The summed E-state index contributed by atoms with van der Waals surface area (Å²) in [6.07, 6.45) is 1.73. The Balaban J connectivity index is 2.19. The third-order valence-corrected chi connectivity index (χ3v) is 3.50. The summed E-state index contributed by atoms with van der Waals surface area (Å²) in [6.45, 7) is 1.88. The van der Waals surface area contributed by atoms with Crippen molar-refractivity contribution in [1.29, 1.82) is 0 Å².